The molecule has 0 saturated heterocycles. The van der Waals surface area contributed by atoms with Gasteiger partial charge in [0.1, 0.15) is 0 Å². The smallest absolute Gasteiger partial charge is 0.0522 e. The van der Waals surface area contributed by atoms with E-state index in [-0.39, 0.29) is 6.04 Å². The molecule has 0 amide bonds. The largest absolute Gasteiger partial charge is 0.313 e. The highest BCUT2D eigenvalue weighted by Gasteiger charge is 2.11. The first kappa shape index (κ1) is 12.3. The summed E-state index contributed by atoms with van der Waals surface area (Å²) in [4.78, 5) is 4.19. The quantitative estimate of drug-likeness (QED) is 0.939. The van der Waals surface area contributed by atoms with Crippen LogP contribution in [0.1, 0.15) is 17.2 Å². The Morgan fingerprint density at radius 2 is 2.24 bits per heavy atom. The van der Waals surface area contributed by atoms with Crippen molar-refractivity contribution in [1.29, 1.82) is 0 Å². The first-order valence-electron chi connectivity index (χ1n) is 5.44. The molecule has 2 rings (SSSR count). The third kappa shape index (κ3) is 3.14. The van der Waals surface area contributed by atoms with Gasteiger partial charge in [0.05, 0.1) is 6.20 Å². The minimum atomic E-state index is 0.254. The number of aryl methyl sites for hydroxylation is 1. The summed E-state index contributed by atoms with van der Waals surface area (Å²) in [6.07, 6.45) is 8.52. The zero-order valence-electron chi connectivity index (χ0n) is 9.89. The maximum absolute atomic E-state index is 4.19. The summed E-state index contributed by atoms with van der Waals surface area (Å²) in [5, 5.41) is 7.48. The molecule has 2 aromatic rings. The van der Waals surface area contributed by atoms with Crippen LogP contribution in [0.2, 0.25) is 0 Å². The number of likely N-dealkylation sites (N-methyl/N-ethyl adjacent to an activating group) is 1. The van der Waals surface area contributed by atoms with Gasteiger partial charge in [-0.15, -0.1) is 0 Å². The lowest BCUT2D eigenvalue weighted by Crippen LogP contribution is -2.18. The molecule has 0 aliphatic rings. The number of nitrogens with one attached hydrogen (secondary N) is 1. The Labute approximate surface area is 109 Å². The summed E-state index contributed by atoms with van der Waals surface area (Å²) < 4.78 is 2.82. The van der Waals surface area contributed by atoms with Crippen molar-refractivity contribution >= 4 is 15.9 Å². The highest BCUT2D eigenvalue weighted by molar-refractivity contribution is 9.10. The Morgan fingerprint density at radius 1 is 1.41 bits per heavy atom. The standard InChI is InChI=1S/C12H15BrN4/c1-14-12(3-9-5-16-17(2)8-9)10-4-11(13)7-15-6-10/h4-8,12,14H,3H2,1-2H3. The van der Waals surface area contributed by atoms with Crippen molar-refractivity contribution < 1.29 is 0 Å². The van der Waals surface area contributed by atoms with Gasteiger partial charge in [-0.05, 0) is 46.6 Å². The van der Waals surface area contributed by atoms with Crippen molar-refractivity contribution in [3.63, 3.8) is 0 Å². The van der Waals surface area contributed by atoms with Gasteiger partial charge in [-0.1, -0.05) is 0 Å². The van der Waals surface area contributed by atoms with Gasteiger partial charge in [0, 0.05) is 36.2 Å². The molecular weight excluding hydrogens is 280 g/mol. The molecule has 0 fully saturated rings. The number of hydrogen-bond acceptors (Lipinski definition) is 3. The molecule has 0 bridgehead atoms. The molecule has 0 aliphatic carbocycles. The predicted molar refractivity (Wildman–Crippen MR) is 70.6 cm³/mol. The van der Waals surface area contributed by atoms with Crippen LogP contribution < -0.4 is 5.32 Å². The molecule has 0 spiro atoms. The molecule has 1 unspecified atom stereocenters. The first-order chi connectivity index (χ1) is 8.19. The summed E-state index contributed by atoms with van der Waals surface area (Å²) >= 11 is 3.44. The van der Waals surface area contributed by atoms with E-state index in [1.54, 1.807) is 6.20 Å². The van der Waals surface area contributed by atoms with E-state index >= 15 is 0 Å². The van der Waals surface area contributed by atoms with Crippen LogP contribution in [0.15, 0.2) is 35.3 Å². The van der Waals surface area contributed by atoms with Crippen LogP contribution in [0.3, 0.4) is 0 Å². The van der Waals surface area contributed by atoms with Gasteiger partial charge >= 0.3 is 0 Å². The highest BCUT2D eigenvalue weighted by atomic mass is 79.9. The number of nitrogens with zero attached hydrogens (tertiary/aromatic N) is 3. The van der Waals surface area contributed by atoms with Gasteiger partial charge in [0.15, 0.2) is 0 Å². The molecule has 0 aromatic carbocycles. The van der Waals surface area contributed by atoms with E-state index < -0.39 is 0 Å². The second-order valence-electron chi connectivity index (χ2n) is 4.00. The molecular formula is C12H15BrN4. The number of hydrogen-bond donors (Lipinski definition) is 1. The summed E-state index contributed by atoms with van der Waals surface area (Å²) in [5.41, 5.74) is 2.39. The molecule has 2 heterocycles. The maximum atomic E-state index is 4.19. The van der Waals surface area contributed by atoms with Crippen molar-refractivity contribution in [3.05, 3.63) is 46.5 Å². The lowest BCUT2D eigenvalue weighted by Gasteiger charge is -2.15. The average molecular weight is 295 g/mol. The molecule has 1 N–H and O–H groups in total. The number of aromatic nitrogens is 3. The van der Waals surface area contributed by atoms with Crippen LogP contribution in [0.25, 0.3) is 0 Å². The molecule has 90 valence electrons. The number of rotatable bonds is 4. The van der Waals surface area contributed by atoms with Crippen LogP contribution in [0, 0.1) is 0 Å². The summed E-state index contributed by atoms with van der Waals surface area (Å²) in [5.74, 6) is 0. The molecule has 17 heavy (non-hydrogen) atoms. The monoisotopic (exact) mass is 294 g/mol. The summed E-state index contributed by atoms with van der Waals surface area (Å²) in [6.45, 7) is 0. The molecule has 0 aliphatic heterocycles. The minimum absolute atomic E-state index is 0.254. The minimum Gasteiger partial charge on any atom is -0.313 e. The average Bonchev–Trinajstić information content (AvgIpc) is 2.72. The molecule has 0 saturated carbocycles. The molecule has 2 aromatic heterocycles. The molecule has 0 radical (unpaired) electrons. The van der Waals surface area contributed by atoms with Crippen molar-refractivity contribution in [2.24, 2.45) is 7.05 Å². The Hall–Kier alpha value is -1.20. The fourth-order valence-corrected chi connectivity index (χ4v) is 2.20. The maximum Gasteiger partial charge on any atom is 0.0522 e. The van der Waals surface area contributed by atoms with Gasteiger partial charge in [-0.3, -0.25) is 9.67 Å². The zero-order chi connectivity index (χ0) is 12.3. The van der Waals surface area contributed by atoms with Crippen molar-refractivity contribution in [3.8, 4) is 0 Å². The van der Waals surface area contributed by atoms with Crippen LogP contribution >= 0.6 is 15.9 Å². The Morgan fingerprint density at radius 3 is 2.82 bits per heavy atom. The van der Waals surface area contributed by atoms with Gasteiger partial charge in [-0.25, -0.2) is 0 Å². The van der Waals surface area contributed by atoms with E-state index in [4.69, 9.17) is 0 Å². The van der Waals surface area contributed by atoms with Gasteiger partial charge in [0.2, 0.25) is 0 Å². The third-order valence-electron chi connectivity index (χ3n) is 2.68. The van der Waals surface area contributed by atoms with Crippen LogP contribution in [-0.4, -0.2) is 21.8 Å². The fourth-order valence-electron chi connectivity index (χ4n) is 1.82. The van der Waals surface area contributed by atoms with Gasteiger partial charge in [-0.2, -0.15) is 5.10 Å². The lowest BCUT2D eigenvalue weighted by atomic mass is 10.0. The third-order valence-corrected chi connectivity index (χ3v) is 3.11. The fraction of sp³-hybridized carbons (Fsp3) is 0.333. The van der Waals surface area contributed by atoms with E-state index in [2.05, 4.69) is 37.4 Å². The predicted octanol–water partition coefficient (Wildman–Crippen LogP) is 2.08. The molecule has 1 atom stereocenters. The number of pyridine rings is 1. The van der Waals surface area contributed by atoms with Gasteiger partial charge in [0.25, 0.3) is 0 Å². The van der Waals surface area contributed by atoms with Crippen LogP contribution in [0.5, 0.6) is 0 Å². The van der Waals surface area contributed by atoms with E-state index in [0.717, 1.165) is 10.9 Å². The van der Waals surface area contributed by atoms with Crippen molar-refractivity contribution in [2.75, 3.05) is 7.05 Å². The summed E-state index contributed by atoms with van der Waals surface area (Å²) in [6, 6.07) is 2.34. The van der Waals surface area contributed by atoms with E-state index in [9.17, 15) is 0 Å². The Balaban J connectivity index is 2.16. The van der Waals surface area contributed by atoms with Crippen molar-refractivity contribution in [1.82, 2.24) is 20.1 Å². The molecule has 5 heteroatoms. The van der Waals surface area contributed by atoms with E-state index in [0.29, 0.717) is 0 Å². The second kappa shape index (κ2) is 5.42. The zero-order valence-corrected chi connectivity index (χ0v) is 11.5. The van der Waals surface area contributed by atoms with Gasteiger partial charge < -0.3 is 5.32 Å². The van der Waals surface area contributed by atoms with Crippen LogP contribution in [-0.2, 0) is 13.5 Å². The van der Waals surface area contributed by atoms with Crippen LogP contribution in [0.4, 0.5) is 0 Å². The van der Waals surface area contributed by atoms with Crippen molar-refractivity contribution in [2.45, 2.75) is 12.5 Å². The molecule has 4 nitrogen and oxygen atoms in total. The number of halogens is 1. The Bertz CT molecular complexity index is 495. The summed E-state index contributed by atoms with van der Waals surface area (Å²) in [7, 11) is 3.89. The Kier molecular flexibility index (Phi) is 3.91. The highest BCUT2D eigenvalue weighted by Crippen LogP contribution is 2.20. The van der Waals surface area contributed by atoms with E-state index in [1.807, 2.05) is 37.4 Å². The second-order valence-corrected chi connectivity index (χ2v) is 4.92. The normalized spacial score (nSPS) is 12.6. The lowest BCUT2D eigenvalue weighted by molar-refractivity contribution is 0.589. The topological polar surface area (TPSA) is 42.7 Å². The first-order valence-corrected chi connectivity index (χ1v) is 6.23. The SMILES string of the molecule is CNC(Cc1cnn(C)c1)c1cncc(Br)c1. The van der Waals surface area contributed by atoms with E-state index in [1.165, 1.54) is 11.1 Å².